The molecule has 3 rings (SSSR count). The Kier molecular flexibility index (Phi) is 3.48. The molecule has 1 aromatic carbocycles. The summed E-state index contributed by atoms with van der Waals surface area (Å²) in [6, 6.07) is 5.79. The third-order valence-corrected chi connectivity index (χ3v) is 3.63. The Labute approximate surface area is 122 Å². The predicted octanol–water partition coefficient (Wildman–Crippen LogP) is 0.927. The summed E-state index contributed by atoms with van der Waals surface area (Å²) in [5.41, 5.74) is 6.68. The van der Waals surface area contributed by atoms with Gasteiger partial charge in [0.25, 0.3) is 0 Å². The molecule has 2 heterocycles. The average Bonchev–Trinajstić information content (AvgIpc) is 2.90. The van der Waals surface area contributed by atoms with Gasteiger partial charge in [-0.25, -0.2) is 14.4 Å². The zero-order valence-corrected chi connectivity index (χ0v) is 11.4. The van der Waals surface area contributed by atoms with Gasteiger partial charge in [-0.1, -0.05) is 17.0 Å². The number of amides is 1. The molecule has 0 spiro atoms. The molecular weight excluding hydrogens is 295 g/mol. The van der Waals surface area contributed by atoms with Gasteiger partial charge in [-0.05, 0) is 24.3 Å². The Morgan fingerprint density at radius 1 is 1.29 bits per heavy atom. The molecule has 7 nitrogen and oxygen atoms in total. The first-order valence-electron chi connectivity index (χ1n) is 5.88. The van der Waals surface area contributed by atoms with Crippen molar-refractivity contribution < 1.29 is 9.18 Å². The van der Waals surface area contributed by atoms with Gasteiger partial charge in [0, 0.05) is 0 Å². The van der Waals surface area contributed by atoms with Gasteiger partial charge in [-0.3, -0.25) is 4.79 Å². The van der Waals surface area contributed by atoms with Crippen molar-refractivity contribution in [1.82, 2.24) is 25.0 Å². The van der Waals surface area contributed by atoms with Crippen molar-refractivity contribution in [1.29, 1.82) is 0 Å². The lowest BCUT2D eigenvalue weighted by atomic mass is 10.3. The molecule has 0 aliphatic heterocycles. The van der Waals surface area contributed by atoms with E-state index < -0.39 is 5.91 Å². The first-order chi connectivity index (χ1) is 10.1. The van der Waals surface area contributed by atoms with Crippen LogP contribution in [0.1, 0.15) is 0 Å². The average molecular weight is 304 g/mol. The maximum absolute atomic E-state index is 13.0. The number of benzene rings is 1. The van der Waals surface area contributed by atoms with E-state index in [1.54, 1.807) is 12.1 Å². The van der Waals surface area contributed by atoms with Crippen LogP contribution in [0.3, 0.4) is 0 Å². The highest BCUT2D eigenvalue weighted by atomic mass is 32.2. The number of primary amides is 1. The van der Waals surface area contributed by atoms with E-state index in [0.717, 1.165) is 0 Å². The quantitative estimate of drug-likeness (QED) is 0.568. The number of thioether (sulfide) groups is 1. The Morgan fingerprint density at radius 2 is 2.05 bits per heavy atom. The van der Waals surface area contributed by atoms with E-state index in [4.69, 9.17) is 5.73 Å². The molecule has 0 saturated carbocycles. The van der Waals surface area contributed by atoms with Crippen LogP contribution in [0.15, 0.2) is 35.6 Å². The number of nitrogens with zero attached hydrogens (tertiary/aromatic N) is 5. The van der Waals surface area contributed by atoms with E-state index in [1.165, 1.54) is 34.9 Å². The van der Waals surface area contributed by atoms with Crippen molar-refractivity contribution in [2.24, 2.45) is 5.73 Å². The minimum atomic E-state index is -0.447. The Hall–Kier alpha value is -2.55. The first-order valence-corrected chi connectivity index (χ1v) is 6.87. The monoisotopic (exact) mass is 304 g/mol. The third-order valence-electron chi connectivity index (χ3n) is 2.63. The van der Waals surface area contributed by atoms with Crippen LogP contribution in [-0.4, -0.2) is 36.6 Å². The van der Waals surface area contributed by atoms with Gasteiger partial charge in [0.15, 0.2) is 11.2 Å². The summed E-state index contributed by atoms with van der Waals surface area (Å²) >= 11 is 1.17. The molecule has 0 atom stereocenters. The molecule has 0 fully saturated rings. The zero-order chi connectivity index (χ0) is 14.8. The Bertz CT molecular complexity index is 803. The van der Waals surface area contributed by atoms with E-state index in [9.17, 15) is 9.18 Å². The lowest BCUT2D eigenvalue weighted by molar-refractivity contribution is -0.115. The van der Waals surface area contributed by atoms with Crippen LogP contribution in [0, 0.1) is 5.82 Å². The van der Waals surface area contributed by atoms with E-state index >= 15 is 0 Å². The second kappa shape index (κ2) is 5.44. The van der Waals surface area contributed by atoms with Crippen molar-refractivity contribution in [3.63, 3.8) is 0 Å². The largest absolute Gasteiger partial charge is 0.369 e. The molecule has 106 valence electrons. The number of hydrogen-bond donors (Lipinski definition) is 1. The van der Waals surface area contributed by atoms with Crippen molar-refractivity contribution in [2.75, 3.05) is 5.75 Å². The first kappa shape index (κ1) is 13.4. The van der Waals surface area contributed by atoms with E-state index in [0.29, 0.717) is 21.9 Å². The summed E-state index contributed by atoms with van der Waals surface area (Å²) in [5.74, 6) is -0.691. The van der Waals surface area contributed by atoms with Gasteiger partial charge in [-0.2, -0.15) is 4.68 Å². The van der Waals surface area contributed by atoms with Crippen molar-refractivity contribution in [2.45, 2.75) is 5.03 Å². The fourth-order valence-corrected chi connectivity index (χ4v) is 2.40. The van der Waals surface area contributed by atoms with Crippen LogP contribution in [0.2, 0.25) is 0 Å². The van der Waals surface area contributed by atoms with Gasteiger partial charge in [0.2, 0.25) is 5.91 Å². The van der Waals surface area contributed by atoms with Crippen LogP contribution in [0.4, 0.5) is 4.39 Å². The van der Waals surface area contributed by atoms with Gasteiger partial charge in [0.1, 0.15) is 17.2 Å². The molecule has 21 heavy (non-hydrogen) atoms. The molecule has 1 amide bonds. The summed E-state index contributed by atoms with van der Waals surface area (Å²) in [4.78, 5) is 19.0. The van der Waals surface area contributed by atoms with Crippen molar-refractivity contribution in [3.05, 3.63) is 36.4 Å². The predicted molar refractivity (Wildman–Crippen MR) is 74.3 cm³/mol. The number of fused-ring (bicyclic) bond motifs is 1. The third kappa shape index (κ3) is 2.68. The fourth-order valence-electron chi connectivity index (χ4n) is 1.73. The van der Waals surface area contributed by atoms with E-state index in [-0.39, 0.29) is 11.6 Å². The standard InChI is InChI=1S/C12H9FN6OS/c13-7-1-3-8(4-2-7)19-11-10(17-18-19)12(16-6-15-11)21-5-9(14)20/h1-4,6H,5H2,(H2,14,20). The van der Waals surface area contributed by atoms with E-state index in [1.807, 2.05) is 0 Å². The second-order valence-corrected chi connectivity index (χ2v) is 5.05. The molecule has 0 saturated heterocycles. The number of carbonyl (C=O) groups is 1. The Morgan fingerprint density at radius 3 is 2.76 bits per heavy atom. The summed E-state index contributed by atoms with van der Waals surface area (Å²) in [5, 5.41) is 8.53. The highest BCUT2D eigenvalue weighted by Crippen LogP contribution is 2.23. The molecule has 9 heteroatoms. The molecule has 0 unspecified atom stereocenters. The lowest BCUT2D eigenvalue weighted by Crippen LogP contribution is -2.13. The van der Waals surface area contributed by atoms with E-state index in [2.05, 4.69) is 20.3 Å². The Balaban J connectivity index is 2.04. The molecule has 0 radical (unpaired) electrons. The molecule has 2 N–H and O–H groups in total. The van der Waals surface area contributed by atoms with Crippen LogP contribution in [0.25, 0.3) is 16.9 Å². The van der Waals surface area contributed by atoms with Crippen molar-refractivity contribution >= 4 is 28.8 Å². The smallest absolute Gasteiger partial charge is 0.227 e. The van der Waals surface area contributed by atoms with Crippen LogP contribution >= 0.6 is 11.8 Å². The number of halogens is 1. The van der Waals surface area contributed by atoms with Gasteiger partial charge in [-0.15, -0.1) is 5.10 Å². The molecule has 0 aliphatic rings. The summed E-state index contributed by atoms with van der Waals surface area (Å²) < 4.78 is 14.4. The number of rotatable bonds is 4. The molecule has 3 aromatic rings. The summed E-state index contributed by atoms with van der Waals surface area (Å²) in [6.45, 7) is 0. The lowest BCUT2D eigenvalue weighted by Gasteiger charge is -2.02. The number of nitrogens with two attached hydrogens (primary N) is 1. The van der Waals surface area contributed by atoms with Crippen LogP contribution < -0.4 is 5.73 Å². The zero-order valence-electron chi connectivity index (χ0n) is 10.6. The van der Waals surface area contributed by atoms with Crippen molar-refractivity contribution in [3.8, 4) is 5.69 Å². The highest BCUT2D eigenvalue weighted by Gasteiger charge is 2.13. The minimum absolute atomic E-state index is 0.0928. The molecular formula is C12H9FN6OS. The van der Waals surface area contributed by atoms with Gasteiger partial charge < -0.3 is 5.73 Å². The summed E-state index contributed by atoms with van der Waals surface area (Å²) in [6.07, 6.45) is 1.36. The second-order valence-electron chi connectivity index (χ2n) is 4.08. The maximum Gasteiger partial charge on any atom is 0.227 e. The highest BCUT2D eigenvalue weighted by molar-refractivity contribution is 8.00. The number of aromatic nitrogens is 5. The molecule has 0 aliphatic carbocycles. The minimum Gasteiger partial charge on any atom is -0.369 e. The van der Waals surface area contributed by atoms with Gasteiger partial charge >= 0.3 is 0 Å². The van der Waals surface area contributed by atoms with Gasteiger partial charge in [0.05, 0.1) is 11.4 Å². The number of carbonyl (C=O) groups excluding carboxylic acids is 1. The van der Waals surface area contributed by atoms with Crippen LogP contribution in [-0.2, 0) is 4.79 Å². The normalized spacial score (nSPS) is 10.9. The summed E-state index contributed by atoms with van der Waals surface area (Å²) in [7, 11) is 0. The SMILES string of the molecule is NC(=O)CSc1ncnc2c1nnn2-c1ccc(F)cc1. The molecule has 2 aromatic heterocycles. The maximum atomic E-state index is 13.0. The molecule has 0 bridgehead atoms. The fraction of sp³-hybridized carbons (Fsp3) is 0.0833. The van der Waals surface area contributed by atoms with Crippen LogP contribution in [0.5, 0.6) is 0 Å². The topological polar surface area (TPSA) is 99.6 Å². The number of hydrogen-bond acceptors (Lipinski definition) is 6.